The molecule has 1 fully saturated rings. The first-order chi connectivity index (χ1) is 8.30. The minimum Gasteiger partial charge on any atom is -0.391 e. The summed E-state index contributed by atoms with van der Waals surface area (Å²) in [6, 6.07) is 2.10. The highest BCUT2D eigenvalue weighted by molar-refractivity contribution is 6.31. The van der Waals surface area contributed by atoms with E-state index in [4.69, 9.17) is 17.3 Å². The van der Waals surface area contributed by atoms with Gasteiger partial charge in [-0.2, -0.15) is 13.2 Å². The molecule has 0 aliphatic heterocycles. The highest BCUT2D eigenvalue weighted by atomic mass is 35.5. The lowest BCUT2D eigenvalue weighted by molar-refractivity contribution is -0.137. The third-order valence-corrected chi connectivity index (χ3v) is 3.50. The van der Waals surface area contributed by atoms with Crippen LogP contribution in [0.2, 0.25) is 5.02 Å². The predicted octanol–water partition coefficient (Wildman–Crippen LogP) is 3.13. The molecule has 0 bridgehead atoms. The van der Waals surface area contributed by atoms with Gasteiger partial charge in [0.2, 0.25) is 0 Å². The van der Waals surface area contributed by atoms with Crippen LogP contribution >= 0.6 is 11.6 Å². The van der Waals surface area contributed by atoms with Crippen molar-refractivity contribution in [2.24, 2.45) is 11.7 Å². The maximum Gasteiger partial charge on any atom is 0.416 e. The number of benzene rings is 1. The summed E-state index contributed by atoms with van der Waals surface area (Å²) in [5, 5.41) is 10.0. The average molecular weight is 280 g/mol. The molecule has 100 valence electrons. The summed E-state index contributed by atoms with van der Waals surface area (Å²) < 4.78 is 37.8. The summed E-state index contributed by atoms with van der Waals surface area (Å²) in [5.41, 5.74) is 5.13. The Morgan fingerprint density at radius 3 is 2.44 bits per heavy atom. The maximum atomic E-state index is 12.6. The Hall–Kier alpha value is -0.780. The zero-order valence-corrected chi connectivity index (χ0v) is 10.2. The normalized spacial score (nSPS) is 19.7. The van der Waals surface area contributed by atoms with Crippen LogP contribution in [0.5, 0.6) is 0 Å². The van der Waals surface area contributed by atoms with Crippen LogP contribution in [0.3, 0.4) is 0 Å². The van der Waals surface area contributed by atoms with E-state index in [0.29, 0.717) is 0 Å². The fraction of sp³-hybridized carbons (Fsp3) is 0.500. The quantitative estimate of drug-likeness (QED) is 0.893. The fourth-order valence-corrected chi connectivity index (χ4v) is 2.13. The minimum atomic E-state index is -4.44. The van der Waals surface area contributed by atoms with Gasteiger partial charge in [0.1, 0.15) is 0 Å². The lowest BCUT2D eigenvalue weighted by atomic mass is 9.97. The van der Waals surface area contributed by atoms with E-state index in [1.807, 2.05) is 0 Å². The van der Waals surface area contributed by atoms with Gasteiger partial charge in [0.25, 0.3) is 0 Å². The Kier molecular flexibility index (Phi) is 3.58. The second-order valence-corrected chi connectivity index (χ2v) is 5.00. The number of nitrogens with two attached hydrogens (primary N) is 1. The van der Waals surface area contributed by atoms with E-state index in [2.05, 4.69) is 0 Å². The summed E-state index contributed by atoms with van der Waals surface area (Å²) in [7, 11) is 0. The Morgan fingerprint density at radius 2 is 1.94 bits per heavy atom. The van der Waals surface area contributed by atoms with Crippen LogP contribution in [0.4, 0.5) is 13.2 Å². The predicted molar refractivity (Wildman–Crippen MR) is 62.1 cm³/mol. The molecule has 0 amide bonds. The first-order valence-corrected chi connectivity index (χ1v) is 5.99. The standard InChI is InChI=1S/C12H13ClF3NO/c13-9-4-3-7(12(14,15)16)5-8(9)10(17)11(18)6-1-2-6/h3-6,10-11,18H,1-2,17H2/t10-,11+/m1/s1. The van der Waals surface area contributed by atoms with Crippen molar-refractivity contribution < 1.29 is 18.3 Å². The third-order valence-electron chi connectivity index (χ3n) is 3.16. The second-order valence-electron chi connectivity index (χ2n) is 4.59. The molecular weight excluding hydrogens is 267 g/mol. The van der Waals surface area contributed by atoms with Gasteiger partial charge in [-0.3, -0.25) is 0 Å². The monoisotopic (exact) mass is 279 g/mol. The smallest absolute Gasteiger partial charge is 0.391 e. The molecule has 0 saturated heterocycles. The van der Waals surface area contributed by atoms with Crippen molar-refractivity contribution in [2.75, 3.05) is 0 Å². The van der Waals surface area contributed by atoms with E-state index >= 15 is 0 Å². The molecule has 2 nitrogen and oxygen atoms in total. The van der Waals surface area contributed by atoms with Gasteiger partial charge in [-0.05, 0) is 42.5 Å². The van der Waals surface area contributed by atoms with Gasteiger partial charge in [0, 0.05) is 5.02 Å². The zero-order valence-electron chi connectivity index (χ0n) is 9.41. The summed E-state index contributed by atoms with van der Waals surface area (Å²) >= 11 is 5.85. The molecule has 0 heterocycles. The Morgan fingerprint density at radius 1 is 1.33 bits per heavy atom. The van der Waals surface area contributed by atoms with Crippen molar-refractivity contribution >= 4 is 11.6 Å². The minimum absolute atomic E-state index is 0.0746. The summed E-state index contributed by atoms with van der Waals surface area (Å²) in [4.78, 5) is 0. The first-order valence-electron chi connectivity index (χ1n) is 5.61. The average Bonchev–Trinajstić information content (AvgIpc) is 3.10. The number of alkyl halides is 3. The molecule has 0 radical (unpaired) electrons. The lowest BCUT2D eigenvalue weighted by Gasteiger charge is -2.21. The number of hydrogen-bond acceptors (Lipinski definition) is 2. The number of rotatable bonds is 3. The summed E-state index contributed by atoms with van der Waals surface area (Å²) in [6.07, 6.45) is -3.58. The molecule has 1 aromatic carbocycles. The van der Waals surface area contributed by atoms with Crippen molar-refractivity contribution in [1.29, 1.82) is 0 Å². The van der Waals surface area contributed by atoms with Crippen molar-refractivity contribution in [1.82, 2.24) is 0 Å². The van der Waals surface area contributed by atoms with E-state index < -0.39 is 23.9 Å². The van der Waals surface area contributed by atoms with Crippen LogP contribution in [0.1, 0.15) is 30.0 Å². The van der Waals surface area contributed by atoms with Gasteiger partial charge in [-0.15, -0.1) is 0 Å². The Labute approximate surface area is 108 Å². The molecule has 3 N–H and O–H groups in total. The maximum absolute atomic E-state index is 12.6. The highest BCUT2D eigenvalue weighted by Gasteiger charge is 2.36. The molecule has 18 heavy (non-hydrogen) atoms. The van der Waals surface area contributed by atoms with Crippen molar-refractivity contribution in [3.63, 3.8) is 0 Å². The van der Waals surface area contributed by atoms with E-state index in [9.17, 15) is 18.3 Å². The van der Waals surface area contributed by atoms with Crippen molar-refractivity contribution in [3.8, 4) is 0 Å². The van der Waals surface area contributed by atoms with Gasteiger partial charge >= 0.3 is 6.18 Å². The SMILES string of the molecule is N[C@H](c1cc(C(F)(F)F)ccc1Cl)[C@@H](O)C1CC1. The van der Waals surface area contributed by atoms with Crippen molar-refractivity contribution in [2.45, 2.75) is 31.2 Å². The van der Waals surface area contributed by atoms with Crippen LogP contribution in [0.25, 0.3) is 0 Å². The van der Waals surface area contributed by atoms with E-state index in [1.165, 1.54) is 6.07 Å². The fourth-order valence-electron chi connectivity index (χ4n) is 1.89. The molecule has 1 saturated carbocycles. The molecule has 1 aliphatic rings. The lowest BCUT2D eigenvalue weighted by Crippen LogP contribution is -2.28. The van der Waals surface area contributed by atoms with E-state index in [-0.39, 0.29) is 16.5 Å². The van der Waals surface area contributed by atoms with Crippen molar-refractivity contribution in [3.05, 3.63) is 34.3 Å². The topological polar surface area (TPSA) is 46.2 Å². The number of aliphatic hydroxyl groups is 1. The summed E-state index contributed by atoms with van der Waals surface area (Å²) in [5.74, 6) is 0.0746. The number of aliphatic hydroxyl groups excluding tert-OH is 1. The molecule has 6 heteroatoms. The highest BCUT2D eigenvalue weighted by Crippen LogP contribution is 2.40. The van der Waals surface area contributed by atoms with Gasteiger partial charge in [0.05, 0.1) is 17.7 Å². The van der Waals surface area contributed by atoms with Crippen LogP contribution < -0.4 is 5.73 Å². The first kappa shape index (κ1) is 13.6. The van der Waals surface area contributed by atoms with Crippen LogP contribution in [0, 0.1) is 5.92 Å². The third kappa shape index (κ3) is 2.79. The zero-order chi connectivity index (χ0) is 13.5. The Balaban J connectivity index is 2.30. The molecule has 0 spiro atoms. The largest absolute Gasteiger partial charge is 0.416 e. The molecule has 0 aromatic heterocycles. The van der Waals surface area contributed by atoms with Crippen LogP contribution in [-0.2, 0) is 6.18 Å². The van der Waals surface area contributed by atoms with Crippen LogP contribution in [0.15, 0.2) is 18.2 Å². The van der Waals surface area contributed by atoms with Gasteiger partial charge in [-0.1, -0.05) is 11.6 Å². The van der Waals surface area contributed by atoms with Gasteiger partial charge in [-0.25, -0.2) is 0 Å². The molecule has 1 aromatic rings. The molecule has 2 rings (SSSR count). The molecular formula is C12H13ClF3NO. The summed E-state index contributed by atoms with van der Waals surface area (Å²) in [6.45, 7) is 0. The van der Waals surface area contributed by atoms with Crippen LogP contribution in [-0.4, -0.2) is 11.2 Å². The van der Waals surface area contributed by atoms with Gasteiger partial charge < -0.3 is 10.8 Å². The van der Waals surface area contributed by atoms with Gasteiger partial charge in [0.15, 0.2) is 0 Å². The molecule has 1 aliphatic carbocycles. The number of halogens is 4. The Bertz CT molecular complexity index is 445. The molecule has 2 atom stereocenters. The van der Waals surface area contributed by atoms with E-state index in [0.717, 1.165) is 25.0 Å². The molecule has 0 unspecified atom stereocenters. The second kappa shape index (κ2) is 4.72. The van der Waals surface area contributed by atoms with E-state index in [1.54, 1.807) is 0 Å². The number of hydrogen-bond donors (Lipinski definition) is 2.